The van der Waals surface area contributed by atoms with Gasteiger partial charge in [0, 0.05) is 0 Å². The summed E-state index contributed by atoms with van der Waals surface area (Å²) >= 11 is 0. The van der Waals surface area contributed by atoms with Crippen LogP contribution in [0.3, 0.4) is 0 Å². The second-order valence-corrected chi connectivity index (χ2v) is 8.08. The summed E-state index contributed by atoms with van der Waals surface area (Å²) in [5.41, 5.74) is -0.178. The van der Waals surface area contributed by atoms with E-state index in [4.69, 9.17) is 9.47 Å². The molecule has 0 radical (unpaired) electrons. The molecule has 0 heterocycles. The minimum Gasteiger partial charge on any atom is -0.497 e. The van der Waals surface area contributed by atoms with Crippen LogP contribution in [0, 0.1) is 5.82 Å². The number of hydrogen-bond donors (Lipinski definition) is 1. The van der Waals surface area contributed by atoms with Crippen LogP contribution in [0.1, 0.15) is 6.92 Å². The zero-order valence-corrected chi connectivity index (χ0v) is 16.7. The Bertz CT molecular complexity index is 903. The first kappa shape index (κ1) is 21.5. The van der Waals surface area contributed by atoms with Gasteiger partial charge >= 0.3 is 0 Å². The maximum absolute atomic E-state index is 14.0. The number of sulfonamides is 1. The molecular formula is C19H23FN2O5S. The van der Waals surface area contributed by atoms with E-state index in [1.807, 2.05) is 0 Å². The monoisotopic (exact) mass is 410 g/mol. The molecule has 1 N–H and O–H groups in total. The molecule has 0 spiro atoms. The molecule has 9 heteroatoms. The van der Waals surface area contributed by atoms with E-state index in [2.05, 4.69) is 5.32 Å². The molecule has 0 aliphatic heterocycles. The number of rotatable bonds is 9. The van der Waals surface area contributed by atoms with Crippen molar-refractivity contribution in [2.75, 3.05) is 30.8 Å². The number of benzene rings is 2. The van der Waals surface area contributed by atoms with Gasteiger partial charge in [-0.1, -0.05) is 12.1 Å². The maximum Gasteiger partial charge on any atom is 0.241 e. The molecule has 0 aromatic heterocycles. The Balaban J connectivity index is 1.95. The van der Waals surface area contributed by atoms with Crippen LogP contribution in [0.25, 0.3) is 0 Å². The average molecular weight is 410 g/mol. The number of nitrogens with one attached hydrogen (secondary N) is 1. The molecule has 2 aromatic carbocycles. The van der Waals surface area contributed by atoms with E-state index in [9.17, 15) is 17.6 Å². The number of hydrogen-bond acceptors (Lipinski definition) is 5. The van der Waals surface area contributed by atoms with Crippen molar-refractivity contribution in [1.29, 1.82) is 0 Å². The second-order valence-electron chi connectivity index (χ2n) is 6.18. The van der Waals surface area contributed by atoms with E-state index in [-0.39, 0.29) is 12.3 Å². The van der Waals surface area contributed by atoms with Gasteiger partial charge in [0.1, 0.15) is 30.5 Å². The summed E-state index contributed by atoms with van der Waals surface area (Å²) in [6, 6.07) is 12.0. The summed E-state index contributed by atoms with van der Waals surface area (Å²) < 4.78 is 49.4. The summed E-state index contributed by atoms with van der Waals surface area (Å²) in [7, 11) is -2.28. The molecule has 28 heavy (non-hydrogen) atoms. The van der Waals surface area contributed by atoms with Gasteiger partial charge < -0.3 is 14.8 Å². The van der Waals surface area contributed by atoms with Gasteiger partial charge in [0.15, 0.2) is 0 Å². The molecule has 7 nitrogen and oxygen atoms in total. The number of para-hydroxylation sites is 1. The fourth-order valence-electron chi connectivity index (χ4n) is 2.42. The predicted molar refractivity (Wildman–Crippen MR) is 105 cm³/mol. The summed E-state index contributed by atoms with van der Waals surface area (Å²) in [4.78, 5) is 12.3. The lowest BCUT2D eigenvalue weighted by molar-refractivity contribution is -0.120. The molecule has 2 rings (SSSR count). The lowest BCUT2D eigenvalue weighted by atomic mass is 10.3. The Labute approximate surface area is 164 Å². The first-order chi connectivity index (χ1) is 13.2. The lowest BCUT2D eigenvalue weighted by Crippen LogP contribution is -2.45. The van der Waals surface area contributed by atoms with E-state index in [0.29, 0.717) is 11.5 Å². The zero-order chi connectivity index (χ0) is 20.7. The third-order valence-electron chi connectivity index (χ3n) is 3.78. The van der Waals surface area contributed by atoms with Crippen LogP contribution in [0.4, 0.5) is 10.1 Å². The number of ether oxygens (including phenoxy) is 2. The Morgan fingerprint density at radius 2 is 1.75 bits per heavy atom. The summed E-state index contributed by atoms with van der Waals surface area (Å²) in [5.74, 6) is 0.00449. The van der Waals surface area contributed by atoms with Crippen LogP contribution < -0.4 is 19.1 Å². The molecule has 1 atom stereocenters. The first-order valence-corrected chi connectivity index (χ1v) is 10.3. The number of methoxy groups -OCH3 is 1. The highest BCUT2D eigenvalue weighted by molar-refractivity contribution is 7.92. The molecule has 2 aromatic rings. The molecule has 0 bridgehead atoms. The average Bonchev–Trinajstić information content (AvgIpc) is 2.65. The molecular weight excluding hydrogens is 387 g/mol. The number of anilines is 1. The Morgan fingerprint density at radius 3 is 2.32 bits per heavy atom. The van der Waals surface area contributed by atoms with Crippen molar-refractivity contribution in [3.8, 4) is 11.5 Å². The van der Waals surface area contributed by atoms with Gasteiger partial charge in [-0.05, 0) is 43.3 Å². The van der Waals surface area contributed by atoms with Gasteiger partial charge in [0.2, 0.25) is 15.9 Å². The van der Waals surface area contributed by atoms with Gasteiger partial charge in [-0.25, -0.2) is 12.8 Å². The summed E-state index contributed by atoms with van der Waals surface area (Å²) in [5, 5.41) is 2.65. The maximum atomic E-state index is 14.0. The third kappa shape index (κ3) is 6.12. The third-order valence-corrected chi connectivity index (χ3v) is 4.90. The zero-order valence-electron chi connectivity index (χ0n) is 15.9. The highest BCUT2D eigenvalue weighted by Gasteiger charge is 2.24. The summed E-state index contributed by atoms with van der Waals surface area (Å²) in [6.45, 7) is 1.36. The highest BCUT2D eigenvalue weighted by Crippen LogP contribution is 2.21. The number of carbonyl (C=O) groups excluding carboxylic acids is 1. The number of carbonyl (C=O) groups is 1. The Hall–Kier alpha value is -2.81. The van der Waals surface area contributed by atoms with E-state index in [1.165, 1.54) is 18.2 Å². The molecule has 0 saturated carbocycles. The summed E-state index contributed by atoms with van der Waals surface area (Å²) in [6.07, 6.45) is 0.920. The Morgan fingerprint density at radius 1 is 1.14 bits per heavy atom. The highest BCUT2D eigenvalue weighted by atomic mass is 32.2. The van der Waals surface area contributed by atoms with E-state index < -0.39 is 34.3 Å². The molecule has 0 aliphatic carbocycles. The number of amides is 1. The van der Waals surface area contributed by atoms with Crippen molar-refractivity contribution in [3.05, 3.63) is 54.3 Å². The van der Waals surface area contributed by atoms with Crippen molar-refractivity contribution in [1.82, 2.24) is 5.32 Å². The fourth-order valence-corrected chi connectivity index (χ4v) is 3.28. The smallest absolute Gasteiger partial charge is 0.241 e. The van der Waals surface area contributed by atoms with Crippen LogP contribution in [0.5, 0.6) is 11.5 Å². The minimum absolute atomic E-state index is 0.177. The van der Waals surface area contributed by atoms with Gasteiger partial charge in [-0.3, -0.25) is 9.10 Å². The van der Waals surface area contributed by atoms with Crippen LogP contribution in [0.15, 0.2) is 48.5 Å². The number of halogens is 1. The van der Waals surface area contributed by atoms with E-state index in [0.717, 1.165) is 16.6 Å². The van der Waals surface area contributed by atoms with Gasteiger partial charge in [0.25, 0.3) is 0 Å². The van der Waals surface area contributed by atoms with Crippen molar-refractivity contribution in [2.45, 2.75) is 13.0 Å². The van der Waals surface area contributed by atoms with Crippen molar-refractivity contribution < 1.29 is 27.1 Å². The van der Waals surface area contributed by atoms with Crippen LogP contribution in [0.2, 0.25) is 0 Å². The molecule has 0 unspecified atom stereocenters. The van der Waals surface area contributed by atoms with Crippen LogP contribution >= 0.6 is 0 Å². The molecule has 0 aliphatic rings. The lowest BCUT2D eigenvalue weighted by Gasteiger charge is -2.23. The minimum atomic E-state index is -3.84. The molecule has 1 amide bonds. The predicted octanol–water partition coefficient (Wildman–Crippen LogP) is 2.18. The number of nitrogens with zero attached hydrogens (tertiary/aromatic N) is 1. The Kier molecular flexibility index (Phi) is 7.22. The quantitative estimate of drug-likeness (QED) is 0.685. The van der Waals surface area contributed by atoms with E-state index >= 15 is 0 Å². The van der Waals surface area contributed by atoms with Gasteiger partial charge in [-0.2, -0.15) is 0 Å². The fraction of sp³-hybridized carbons (Fsp3) is 0.316. The van der Waals surface area contributed by atoms with Crippen molar-refractivity contribution in [3.63, 3.8) is 0 Å². The first-order valence-electron chi connectivity index (χ1n) is 8.49. The largest absolute Gasteiger partial charge is 0.497 e. The van der Waals surface area contributed by atoms with Gasteiger partial charge in [-0.15, -0.1) is 0 Å². The van der Waals surface area contributed by atoms with Crippen LogP contribution in [-0.2, 0) is 14.8 Å². The van der Waals surface area contributed by atoms with Crippen LogP contribution in [-0.4, -0.2) is 46.9 Å². The topological polar surface area (TPSA) is 84.9 Å². The van der Waals surface area contributed by atoms with Crippen molar-refractivity contribution in [2.24, 2.45) is 0 Å². The van der Waals surface area contributed by atoms with Crippen molar-refractivity contribution >= 4 is 21.6 Å². The van der Waals surface area contributed by atoms with Gasteiger partial charge in [0.05, 0.1) is 25.1 Å². The second kappa shape index (κ2) is 9.41. The standard InChI is InChI=1S/C19H23FN2O5S/c1-14(13-27-16-10-8-15(26-2)9-11-16)21-19(23)12-22(28(3,24)25)18-7-5-4-6-17(18)20/h4-11,14H,12-13H2,1-3H3,(H,21,23)/t14-/m0/s1. The van der Waals surface area contributed by atoms with E-state index in [1.54, 1.807) is 38.3 Å². The normalized spacial score (nSPS) is 12.1. The SMILES string of the molecule is COc1ccc(OC[C@H](C)NC(=O)CN(c2ccccc2F)S(C)(=O)=O)cc1. The molecule has 0 fully saturated rings. The molecule has 0 saturated heterocycles. The molecule has 152 valence electrons.